The highest BCUT2D eigenvalue weighted by atomic mass is 32.2. The summed E-state index contributed by atoms with van der Waals surface area (Å²) in [6, 6.07) is 12.2. The average molecular weight is 434 g/mol. The molecule has 0 amide bonds. The molecule has 3 aromatic rings. The van der Waals surface area contributed by atoms with Gasteiger partial charge in [0.25, 0.3) is 15.7 Å². The van der Waals surface area contributed by atoms with Crippen LogP contribution < -0.4 is 4.72 Å². The molecule has 0 aliphatic carbocycles. The first-order valence-corrected chi connectivity index (χ1v) is 10.7. The quantitative estimate of drug-likeness (QED) is 0.308. The van der Waals surface area contributed by atoms with Gasteiger partial charge in [-0.3, -0.25) is 14.8 Å². The number of aliphatic hydroxyl groups is 2. The van der Waals surface area contributed by atoms with Crippen molar-refractivity contribution in [2.45, 2.75) is 25.0 Å². The van der Waals surface area contributed by atoms with Crippen molar-refractivity contribution in [2.24, 2.45) is 0 Å². The maximum absolute atomic E-state index is 12.9. The Bertz CT molecular complexity index is 1170. The molecule has 29 heavy (non-hydrogen) atoms. The number of nitrogens with zero attached hydrogens (tertiary/aromatic N) is 1. The summed E-state index contributed by atoms with van der Waals surface area (Å²) in [5.41, 5.74) is 1.87. The molecule has 0 unspecified atom stereocenters. The van der Waals surface area contributed by atoms with Gasteiger partial charge in [0.15, 0.2) is 6.29 Å². The van der Waals surface area contributed by atoms with E-state index >= 15 is 0 Å². The highest BCUT2D eigenvalue weighted by molar-refractivity contribution is 7.92. The molecule has 1 aromatic heterocycles. The van der Waals surface area contributed by atoms with Crippen molar-refractivity contribution in [1.82, 2.24) is 0 Å². The van der Waals surface area contributed by atoms with Crippen molar-refractivity contribution >= 4 is 32.7 Å². The molecule has 0 bridgehead atoms. The van der Waals surface area contributed by atoms with E-state index in [0.717, 1.165) is 16.9 Å². The number of rotatable bonds is 6. The summed E-state index contributed by atoms with van der Waals surface area (Å²) < 4.78 is 28.2. The van der Waals surface area contributed by atoms with Gasteiger partial charge in [-0.05, 0) is 54.8 Å². The maximum atomic E-state index is 12.9. The van der Waals surface area contributed by atoms with E-state index in [1.807, 2.05) is 0 Å². The Balaban J connectivity index is 2.01. The summed E-state index contributed by atoms with van der Waals surface area (Å²) in [6.45, 7) is 3.45. The largest absolute Gasteiger partial charge is 0.364 e. The average Bonchev–Trinajstić information content (AvgIpc) is 3.07. The molecule has 0 spiro atoms. The van der Waals surface area contributed by atoms with E-state index in [2.05, 4.69) is 4.72 Å². The lowest BCUT2D eigenvalue weighted by Crippen LogP contribution is -2.15. The molecule has 0 saturated heterocycles. The van der Waals surface area contributed by atoms with Gasteiger partial charge in [0.2, 0.25) is 0 Å². The highest BCUT2D eigenvalue weighted by Crippen LogP contribution is 2.39. The smallest absolute Gasteiger partial charge is 0.269 e. The monoisotopic (exact) mass is 434 g/mol. The van der Waals surface area contributed by atoms with E-state index in [0.29, 0.717) is 16.0 Å². The zero-order valence-corrected chi connectivity index (χ0v) is 17.1. The Morgan fingerprint density at radius 1 is 1.07 bits per heavy atom. The number of thiophene rings is 1. The Hall–Kier alpha value is -2.79. The zero-order valence-electron chi connectivity index (χ0n) is 15.5. The van der Waals surface area contributed by atoms with E-state index in [1.54, 1.807) is 26.0 Å². The number of aliphatic hydroxyl groups excluding tert-OH is 1. The molecule has 0 aliphatic rings. The van der Waals surface area contributed by atoms with Gasteiger partial charge in [0, 0.05) is 17.0 Å². The normalized spacial score (nSPS) is 11.6. The molecule has 3 N–H and O–H groups in total. The minimum atomic E-state index is -3.96. The predicted octanol–water partition coefficient (Wildman–Crippen LogP) is 3.72. The Morgan fingerprint density at radius 3 is 2.31 bits per heavy atom. The number of nitrogens with one attached hydrogen (secondary N) is 1. The van der Waals surface area contributed by atoms with E-state index in [1.165, 1.54) is 36.4 Å². The van der Waals surface area contributed by atoms with Gasteiger partial charge in [-0.15, -0.1) is 11.3 Å². The SMILES string of the molecule is Cc1ccc(C)c(S(=O)(=O)Nc2cc(-c3ccc([N+](=O)[O-])cc3)sc2C(O)O)c1. The van der Waals surface area contributed by atoms with Crippen LogP contribution in [0, 0.1) is 24.0 Å². The van der Waals surface area contributed by atoms with Crippen molar-refractivity contribution in [3.8, 4) is 10.4 Å². The van der Waals surface area contributed by atoms with E-state index in [-0.39, 0.29) is 21.1 Å². The number of nitro benzene ring substituents is 1. The third-order valence-corrected chi connectivity index (χ3v) is 6.97. The molecule has 2 aromatic carbocycles. The zero-order chi connectivity index (χ0) is 21.3. The number of sulfonamides is 1. The standard InChI is InChI=1S/C19H18N2O6S2/c1-11-3-4-12(2)17(9-11)29(26,27)20-15-10-16(28-18(15)19(22)23)13-5-7-14(8-6-13)21(24)25/h3-10,19-20,22-23H,1-2H3. The molecule has 3 rings (SSSR count). The van der Waals surface area contributed by atoms with Crippen LogP contribution in [0.15, 0.2) is 53.4 Å². The van der Waals surface area contributed by atoms with E-state index in [4.69, 9.17) is 0 Å². The number of aryl methyl sites for hydroxylation is 2. The molecule has 0 saturated carbocycles. The van der Waals surface area contributed by atoms with Crippen LogP contribution in [0.1, 0.15) is 22.3 Å². The minimum absolute atomic E-state index is 0.0206. The molecule has 0 fully saturated rings. The summed E-state index contributed by atoms with van der Waals surface area (Å²) in [4.78, 5) is 10.9. The first kappa shape index (κ1) is 20.9. The first-order chi connectivity index (χ1) is 13.6. The second-order valence-corrected chi connectivity index (χ2v) is 9.18. The summed E-state index contributed by atoms with van der Waals surface area (Å²) in [5.74, 6) is 0. The number of nitro groups is 1. The fourth-order valence-electron chi connectivity index (χ4n) is 2.76. The lowest BCUT2D eigenvalue weighted by Gasteiger charge is -2.12. The topological polar surface area (TPSA) is 130 Å². The Morgan fingerprint density at radius 2 is 1.72 bits per heavy atom. The van der Waals surface area contributed by atoms with Gasteiger partial charge in [0.05, 0.1) is 20.4 Å². The van der Waals surface area contributed by atoms with E-state index < -0.39 is 21.2 Å². The lowest BCUT2D eigenvalue weighted by atomic mass is 10.1. The second-order valence-electron chi connectivity index (χ2n) is 6.44. The van der Waals surface area contributed by atoms with Crippen LogP contribution >= 0.6 is 11.3 Å². The van der Waals surface area contributed by atoms with Crippen LogP contribution in [0.5, 0.6) is 0 Å². The second kappa shape index (κ2) is 7.91. The number of benzene rings is 2. The Labute approximate surface area is 171 Å². The van der Waals surface area contributed by atoms with Gasteiger partial charge in [-0.25, -0.2) is 8.42 Å². The lowest BCUT2D eigenvalue weighted by molar-refractivity contribution is -0.384. The van der Waals surface area contributed by atoms with Crippen LogP contribution in [0.2, 0.25) is 0 Å². The highest BCUT2D eigenvalue weighted by Gasteiger charge is 2.23. The number of hydrogen-bond acceptors (Lipinski definition) is 7. The van der Waals surface area contributed by atoms with Crippen molar-refractivity contribution in [3.63, 3.8) is 0 Å². The molecule has 152 valence electrons. The molecule has 10 heteroatoms. The molecule has 0 atom stereocenters. The predicted molar refractivity (Wildman–Crippen MR) is 110 cm³/mol. The summed E-state index contributed by atoms with van der Waals surface area (Å²) in [5, 5.41) is 30.2. The van der Waals surface area contributed by atoms with Crippen molar-refractivity contribution in [3.05, 3.63) is 74.6 Å². The van der Waals surface area contributed by atoms with Crippen molar-refractivity contribution < 1.29 is 23.6 Å². The van der Waals surface area contributed by atoms with Gasteiger partial charge >= 0.3 is 0 Å². The summed E-state index contributed by atoms with van der Waals surface area (Å²) >= 11 is 0.981. The fourth-order valence-corrected chi connectivity index (χ4v) is 5.22. The van der Waals surface area contributed by atoms with Crippen LogP contribution in [-0.2, 0) is 10.0 Å². The first-order valence-electron chi connectivity index (χ1n) is 8.43. The molecule has 0 radical (unpaired) electrons. The molecule has 8 nitrogen and oxygen atoms in total. The van der Waals surface area contributed by atoms with Crippen LogP contribution in [0.25, 0.3) is 10.4 Å². The van der Waals surface area contributed by atoms with Crippen molar-refractivity contribution in [1.29, 1.82) is 0 Å². The van der Waals surface area contributed by atoms with Gasteiger partial charge in [0.1, 0.15) is 0 Å². The molecule has 1 heterocycles. The Kier molecular flexibility index (Phi) is 5.71. The van der Waals surface area contributed by atoms with Crippen LogP contribution in [0.4, 0.5) is 11.4 Å². The van der Waals surface area contributed by atoms with Crippen LogP contribution in [-0.4, -0.2) is 23.6 Å². The van der Waals surface area contributed by atoms with Gasteiger partial charge < -0.3 is 10.2 Å². The fraction of sp³-hybridized carbons (Fsp3) is 0.158. The number of non-ortho nitro benzene ring substituents is 1. The summed E-state index contributed by atoms with van der Waals surface area (Å²) in [6.07, 6.45) is -1.89. The maximum Gasteiger partial charge on any atom is 0.269 e. The molecular formula is C19H18N2O6S2. The van der Waals surface area contributed by atoms with Crippen LogP contribution in [0.3, 0.4) is 0 Å². The minimum Gasteiger partial charge on any atom is -0.364 e. The van der Waals surface area contributed by atoms with Gasteiger partial charge in [-0.1, -0.05) is 12.1 Å². The molecule has 0 aliphatic heterocycles. The third kappa shape index (κ3) is 4.46. The molecular weight excluding hydrogens is 416 g/mol. The number of anilines is 1. The third-order valence-electron chi connectivity index (χ3n) is 4.24. The van der Waals surface area contributed by atoms with Crippen molar-refractivity contribution in [2.75, 3.05) is 4.72 Å². The van der Waals surface area contributed by atoms with Gasteiger partial charge in [-0.2, -0.15) is 0 Å². The summed E-state index contributed by atoms with van der Waals surface area (Å²) in [7, 11) is -3.96. The van der Waals surface area contributed by atoms with E-state index in [9.17, 15) is 28.7 Å². The number of hydrogen-bond donors (Lipinski definition) is 3.